The molecule has 0 radical (unpaired) electrons. The van der Waals surface area contributed by atoms with Crippen LogP contribution in [0.1, 0.15) is 24.5 Å². The number of carbonyl (C=O) groups is 1. The number of carbonyl (C=O) groups excluding carboxylic acids is 1. The summed E-state index contributed by atoms with van der Waals surface area (Å²) in [7, 11) is 1.37. The van der Waals surface area contributed by atoms with Crippen molar-refractivity contribution >= 4 is 23.3 Å². The number of hydrogen-bond donors (Lipinski definition) is 1. The summed E-state index contributed by atoms with van der Waals surface area (Å²) >= 11 is 5.93. The Kier molecular flexibility index (Phi) is 5.56. The predicted octanol–water partition coefficient (Wildman–Crippen LogP) is 4.42. The highest BCUT2D eigenvalue weighted by atomic mass is 35.5. The van der Waals surface area contributed by atoms with Crippen LogP contribution < -0.4 is 0 Å². The Balaban J connectivity index is 2.23. The number of ether oxygens (including phenoxy) is 1. The van der Waals surface area contributed by atoms with Gasteiger partial charge in [-0.15, -0.1) is 0 Å². The maximum absolute atomic E-state index is 12.4. The molecule has 0 spiro atoms. The molecule has 0 saturated carbocycles. The molecule has 0 aromatic heterocycles. The maximum Gasteiger partial charge on any atom is 0.316 e. The zero-order valence-electron chi connectivity index (χ0n) is 13.3. The van der Waals surface area contributed by atoms with Crippen molar-refractivity contribution in [2.45, 2.75) is 25.2 Å². The highest BCUT2D eigenvalue weighted by Gasteiger charge is 2.37. The number of hydrogen-bond acceptors (Lipinski definition) is 3. The number of benzene rings is 2. The van der Waals surface area contributed by atoms with Crippen LogP contribution in [0.25, 0.3) is 0 Å². The maximum atomic E-state index is 12.4. The Morgan fingerprint density at radius 1 is 1.13 bits per heavy atom. The average Bonchev–Trinajstić information content (AvgIpc) is 2.55. The molecule has 0 aliphatic heterocycles. The van der Waals surface area contributed by atoms with E-state index in [1.54, 1.807) is 12.1 Å². The van der Waals surface area contributed by atoms with E-state index in [0.29, 0.717) is 23.6 Å². The highest BCUT2D eigenvalue weighted by Crippen LogP contribution is 2.31. The molecule has 2 aromatic carbocycles. The summed E-state index contributed by atoms with van der Waals surface area (Å²) in [6.45, 7) is 1.81. The summed E-state index contributed by atoms with van der Waals surface area (Å²) < 4.78 is 4.98. The first-order valence-electron chi connectivity index (χ1n) is 7.40. The predicted molar refractivity (Wildman–Crippen MR) is 93.3 cm³/mol. The third-order valence-corrected chi connectivity index (χ3v) is 4.20. The minimum Gasteiger partial charge on any atom is -0.468 e. The summed E-state index contributed by atoms with van der Waals surface area (Å²) in [5.41, 5.74) is 1.44. The Bertz CT molecular complexity index is 682. The van der Waals surface area contributed by atoms with Crippen molar-refractivity contribution in [1.29, 1.82) is 5.41 Å². The zero-order valence-corrected chi connectivity index (χ0v) is 14.1. The summed E-state index contributed by atoms with van der Waals surface area (Å²) in [6, 6.07) is 16.9. The first-order chi connectivity index (χ1) is 11.0. The van der Waals surface area contributed by atoms with Crippen LogP contribution in [-0.2, 0) is 21.4 Å². The van der Waals surface area contributed by atoms with E-state index < -0.39 is 5.41 Å². The second-order valence-electron chi connectivity index (χ2n) is 5.77. The standard InChI is InChI=1S/C19H20ClNO2/c1-19(18(22)23-2,15-8-10-16(20)11-9-15)13-17(21)12-14-6-4-3-5-7-14/h3-11,21H,12-13H2,1-2H3. The Hall–Kier alpha value is -2.13. The minimum absolute atomic E-state index is 0.302. The lowest BCUT2D eigenvalue weighted by atomic mass is 9.77. The van der Waals surface area contributed by atoms with Crippen molar-refractivity contribution in [3.05, 3.63) is 70.7 Å². The largest absolute Gasteiger partial charge is 0.468 e. The molecule has 4 heteroatoms. The fourth-order valence-corrected chi connectivity index (χ4v) is 2.79. The second-order valence-corrected chi connectivity index (χ2v) is 6.21. The molecule has 0 fully saturated rings. The van der Waals surface area contributed by atoms with Crippen molar-refractivity contribution < 1.29 is 9.53 Å². The third-order valence-electron chi connectivity index (χ3n) is 3.94. The molecule has 0 aliphatic carbocycles. The molecule has 0 aliphatic rings. The number of halogens is 1. The fraction of sp³-hybridized carbons (Fsp3) is 0.263. The molecule has 1 unspecified atom stereocenters. The van der Waals surface area contributed by atoms with Gasteiger partial charge in [-0.25, -0.2) is 0 Å². The van der Waals surface area contributed by atoms with Gasteiger partial charge in [0, 0.05) is 23.6 Å². The van der Waals surface area contributed by atoms with Gasteiger partial charge in [0.2, 0.25) is 0 Å². The van der Waals surface area contributed by atoms with Gasteiger partial charge in [0.05, 0.1) is 12.5 Å². The quantitative estimate of drug-likeness (QED) is 0.630. The Morgan fingerprint density at radius 3 is 2.30 bits per heavy atom. The van der Waals surface area contributed by atoms with Crippen molar-refractivity contribution in [2.24, 2.45) is 0 Å². The molecular formula is C19H20ClNO2. The number of rotatable bonds is 6. The summed E-state index contributed by atoms with van der Waals surface area (Å²) in [6.07, 6.45) is 0.817. The molecule has 2 rings (SSSR count). The van der Waals surface area contributed by atoms with Gasteiger partial charge in [-0.05, 0) is 30.2 Å². The first-order valence-corrected chi connectivity index (χ1v) is 7.78. The molecule has 0 bridgehead atoms. The SMILES string of the molecule is COC(=O)C(C)(CC(=N)Cc1ccccc1)c1ccc(Cl)cc1. The van der Waals surface area contributed by atoms with Gasteiger partial charge < -0.3 is 10.1 Å². The molecule has 2 aromatic rings. The van der Waals surface area contributed by atoms with Crippen molar-refractivity contribution in [3.63, 3.8) is 0 Å². The van der Waals surface area contributed by atoms with E-state index in [-0.39, 0.29) is 5.97 Å². The van der Waals surface area contributed by atoms with E-state index in [1.807, 2.05) is 49.4 Å². The van der Waals surface area contributed by atoms with Gasteiger partial charge in [0.15, 0.2) is 0 Å². The molecule has 1 atom stereocenters. The van der Waals surface area contributed by atoms with Gasteiger partial charge >= 0.3 is 5.97 Å². The second kappa shape index (κ2) is 7.42. The third kappa shape index (κ3) is 4.20. The van der Waals surface area contributed by atoms with E-state index in [9.17, 15) is 4.79 Å². The van der Waals surface area contributed by atoms with E-state index in [1.165, 1.54) is 7.11 Å². The van der Waals surface area contributed by atoms with Crippen LogP contribution in [0.3, 0.4) is 0 Å². The van der Waals surface area contributed by atoms with E-state index in [4.69, 9.17) is 21.7 Å². The van der Waals surface area contributed by atoms with E-state index in [0.717, 1.165) is 11.1 Å². The van der Waals surface area contributed by atoms with Crippen molar-refractivity contribution in [1.82, 2.24) is 0 Å². The highest BCUT2D eigenvalue weighted by molar-refractivity contribution is 6.30. The number of methoxy groups -OCH3 is 1. The Morgan fingerprint density at radius 2 is 1.74 bits per heavy atom. The van der Waals surface area contributed by atoms with Crippen LogP contribution >= 0.6 is 11.6 Å². The van der Waals surface area contributed by atoms with Crippen molar-refractivity contribution in [3.8, 4) is 0 Å². The minimum atomic E-state index is -0.898. The van der Waals surface area contributed by atoms with Crippen LogP contribution in [0.4, 0.5) is 0 Å². The summed E-state index contributed by atoms with van der Waals surface area (Å²) in [5.74, 6) is -0.349. The van der Waals surface area contributed by atoms with Crippen LogP contribution in [0, 0.1) is 5.41 Å². The smallest absolute Gasteiger partial charge is 0.316 e. The lowest BCUT2D eigenvalue weighted by Gasteiger charge is -2.27. The fourth-order valence-electron chi connectivity index (χ4n) is 2.67. The van der Waals surface area contributed by atoms with Gasteiger partial charge in [-0.2, -0.15) is 0 Å². The lowest BCUT2D eigenvalue weighted by Crippen LogP contribution is -2.36. The average molecular weight is 330 g/mol. The zero-order chi connectivity index (χ0) is 16.9. The molecule has 3 nitrogen and oxygen atoms in total. The monoisotopic (exact) mass is 329 g/mol. The number of esters is 1. The number of nitrogens with one attached hydrogen (secondary N) is 1. The first kappa shape index (κ1) is 17.2. The molecule has 0 heterocycles. The van der Waals surface area contributed by atoms with Crippen LogP contribution in [0.15, 0.2) is 54.6 Å². The van der Waals surface area contributed by atoms with Crippen molar-refractivity contribution in [2.75, 3.05) is 7.11 Å². The van der Waals surface area contributed by atoms with Gasteiger partial charge in [-0.3, -0.25) is 4.79 Å². The molecule has 1 N–H and O–H groups in total. The van der Waals surface area contributed by atoms with Crippen LogP contribution in [0.5, 0.6) is 0 Å². The lowest BCUT2D eigenvalue weighted by molar-refractivity contribution is -0.146. The van der Waals surface area contributed by atoms with E-state index in [2.05, 4.69) is 0 Å². The molecule has 0 amide bonds. The van der Waals surface area contributed by atoms with Gasteiger partial charge in [0.1, 0.15) is 0 Å². The van der Waals surface area contributed by atoms with Gasteiger partial charge in [-0.1, -0.05) is 54.1 Å². The molecular weight excluding hydrogens is 310 g/mol. The van der Waals surface area contributed by atoms with Gasteiger partial charge in [0.25, 0.3) is 0 Å². The Labute approximate surface area is 141 Å². The summed E-state index contributed by atoms with van der Waals surface area (Å²) in [4.78, 5) is 12.4. The normalized spacial score (nSPS) is 13.2. The summed E-state index contributed by atoms with van der Waals surface area (Å²) in [5, 5.41) is 8.92. The molecule has 120 valence electrons. The van der Waals surface area contributed by atoms with E-state index >= 15 is 0 Å². The van der Waals surface area contributed by atoms with Crippen LogP contribution in [0.2, 0.25) is 5.02 Å². The molecule has 23 heavy (non-hydrogen) atoms. The topological polar surface area (TPSA) is 50.2 Å². The molecule has 0 saturated heterocycles. The van der Waals surface area contributed by atoms with Crippen LogP contribution in [-0.4, -0.2) is 18.8 Å².